The second-order valence-corrected chi connectivity index (χ2v) is 6.00. The highest BCUT2D eigenvalue weighted by atomic mass is 35.5. The molecule has 1 heterocycles. The van der Waals surface area contributed by atoms with Gasteiger partial charge in [0.25, 0.3) is 0 Å². The van der Waals surface area contributed by atoms with Crippen LogP contribution < -0.4 is 10.6 Å². The lowest BCUT2D eigenvalue weighted by Gasteiger charge is -2.29. The van der Waals surface area contributed by atoms with Crippen molar-refractivity contribution >= 4 is 34.8 Å². The van der Waals surface area contributed by atoms with Gasteiger partial charge >= 0.3 is 0 Å². The van der Waals surface area contributed by atoms with Crippen molar-refractivity contribution in [3.63, 3.8) is 0 Å². The largest absolute Gasteiger partial charge is 0.323 e. The number of piperidine rings is 1. The molecule has 1 aliphatic rings. The van der Waals surface area contributed by atoms with Crippen molar-refractivity contribution in [2.75, 3.05) is 18.4 Å². The summed E-state index contributed by atoms with van der Waals surface area (Å²) in [5, 5.41) is 7.19. The second-order valence-electron chi connectivity index (χ2n) is 5.19. The normalized spacial score (nSPS) is 17.8. The Hall–Kier alpha value is -0.770. The molecule has 0 spiro atoms. The van der Waals surface area contributed by atoms with Crippen LogP contribution in [0.5, 0.6) is 0 Å². The summed E-state index contributed by atoms with van der Waals surface area (Å²) in [6, 6.07) is 5.23. The van der Waals surface area contributed by atoms with E-state index in [1.54, 1.807) is 18.2 Å². The molecule has 110 valence electrons. The molecule has 1 aliphatic heterocycles. The molecule has 0 aliphatic carbocycles. The highest BCUT2D eigenvalue weighted by Gasteiger charge is 2.28. The fourth-order valence-electron chi connectivity index (χ4n) is 2.81. The van der Waals surface area contributed by atoms with Gasteiger partial charge in [-0.05, 0) is 50.4 Å². The Labute approximate surface area is 130 Å². The highest BCUT2D eigenvalue weighted by molar-refractivity contribution is 6.39. The van der Waals surface area contributed by atoms with E-state index < -0.39 is 0 Å². The van der Waals surface area contributed by atoms with Crippen LogP contribution in [0, 0.1) is 11.8 Å². The van der Waals surface area contributed by atoms with Gasteiger partial charge in [0.05, 0.1) is 15.7 Å². The maximum Gasteiger partial charge on any atom is 0.227 e. The van der Waals surface area contributed by atoms with Crippen molar-refractivity contribution in [3.05, 3.63) is 28.2 Å². The number of carbonyl (C=O) groups excluding carboxylic acids is 1. The number of benzene rings is 1. The number of amides is 1. The van der Waals surface area contributed by atoms with Gasteiger partial charge in [0.15, 0.2) is 0 Å². The van der Waals surface area contributed by atoms with Crippen molar-refractivity contribution in [3.8, 4) is 0 Å². The number of halogens is 2. The molecule has 1 unspecified atom stereocenters. The third-order valence-electron chi connectivity index (χ3n) is 3.94. The van der Waals surface area contributed by atoms with Crippen LogP contribution in [0.15, 0.2) is 18.2 Å². The molecule has 0 saturated carbocycles. The Bertz CT molecular complexity index is 453. The van der Waals surface area contributed by atoms with E-state index >= 15 is 0 Å². The monoisotopic (exact) mass is 314 g/mol. The van der Waals surface area contributed by atoms with E-state index in [9.17, 15) is 4.79 Å². The summed E-state index contributed by atoms with van der Waals surface area (Å²) in [5.41, 5.74) is 0.521. The topological polar surface area (TPSA) is 41.1 Å². The number of hydrogen-bond acceptors (Lipinski definition) is 2. The zero-order chi connectivity index (χ0) is 14.5. The number of hydrogen-bond donors (Lipinski definition) is 2. The summed E-state index contributed by atoms with van der Waals surface area (Å²) in [5.74, 6) is 0.473. The molecular weight excluding hydrogens is 295 g/mol. The van der Waals surface area contributed by atoms with Crippen LogP contribution in [0.4, 0.5) is 5.69 Å². The molecule has 0 aromatic heterocycles. The molecule has 1 aromatic rings. The van der Waals surface area contributed by atoms with E-state index in [4.69, 9.17) is 23.2 Å². The maximum atomic E-state index is 12.5. The minimum atomic E-state index is 0.0180. The summed E-state index contributed by atoms with van der Waals surface area (Å²) in [4.78, 5) is 12.5. The standard InChI is InChI=1S/C15H20Cl2N2O/c1-2-11(10-6-8-18-9-7-10)15(20)19-14-12(16)4-3-5-13(14)17/h3-5,10-11,18H,2,6-9H2,1H3,(H,19,20). The van der Waals surface area contributed by atoms with Crippen LogP contribution in [-0.4, -0.2) is 19.0 Å². The molecule has 1 amide bonds. The minimum absolute atomic E-state index is 0.0180. The molecule has 5 heteroatoms. The van der Waals surface area contributed by atoms with Crippen molar-refractivity contribution in [2.45, 2.75) is 26.2 Å². The SMILES string of the molecule is CCC(C(=O)Nc1c(Cl)cccc1Cl)C1CCNCC1. The van der Waals surface area contributed by atoms with E-state index in [1.807, 2.05) is 0 Å². The first-order chi connectivity index (χ1) is 9.63. The molecular formula is C15H20Cl2N2O. The predicted octanol–water partition coefficient (Wildman–Crippen LogP) is 3.96. The van der Waals surface area contributed by atoms with Crippen LogP contribution in [0.1, 0.15) is 26.2 Å². The van der Waals surface area contributed by atoms with Gasteiger partial charge in [0.2, 0.25) is 5.91 Å². The van der Waals surface area contributed by atoms with Crippen LogP contribution >= 0.6 is 23.2 Å². The molecule has 1 fully saturated rings. The predicted molar refractivity (Wildman–Crippen MR) is 84.5 cm³/mol. The average Bonchev–Trinajstić information content (AvgIpc) is 2.45. The van der Waals surface area contributed by atoms with Crippen molar-refractivity contribution in [1.82, 2.24) is 5.32 Å². The summed E-state index contributed by atoms with van der Waals surface area (Å²) in [7, 11) is 0. The van der Waals surface area contributed by atoms with Gasteiger partial charge in [-0.1, -0.05) is 36.2 Å². The Morgan fingerprint density at radius 2 is 1.95 bits per heavy atom. The van der Waals surface area contributed by atoms with Crippen molar-refractivity contribution in [2.24, 2.45) is 11.8 Å². The molecule has 20 heavy (non-hydrogen) atoms. The lowest BCUT2D eigenvalue weighted by Crippen LogP contribution is -2.36. The third kappa shape index (κ3) is 3.66. The van der Waals surface area contributed by atoms with Gasteiger partial charge in [-0.2, -0.15) is 0 Å². The van der Waals surface area contributed by atoms with Crippen LogP contribution in [0.2, 0.25) is 10.0 Å². The summed E-state index contributed by atoms with van der Waals surface area (Å²) < 4.78 is 0. The van der Waals surface area contributed by atoms with Gasteiger partial charge in [-0.15, -0.1) is 0 Å². The first-order valence-corrected chi connectivity index (χ1v) is 7.84. The number of carbonyl (C=O) groups is 1. The highest BCUT2D eigenvalue weighted by Crippen LogP contribution is 2.32. The molecule has 1 saturated heterocycles. The van der Waals surface area contributed by atoms with Crippen molar-refractivity contribution in [1.29, 1.82) is 0 Å². The number of anilines is 1. The minimum Gasteiger partial charge on any atom is -0.323 e. The zero-order valence-electron chi connectivity index (χ0n) is 11.6. The number of para-hydroxylation sites is 1. The molecule has 1 aromatic carbocycles. The number of nitrogens with one attached hydrogen (secondary N) is 2. The van der Waals surface area contributed by atoms with E-state index in [2.05, 4.69) is 17.6 Å². The van der Waals surface area contributed by atoms with Gasteiger partial charge in [-0.25, -0.2) is 0 Å². The molecule has 0 radical (unpaired) electrons. The van der Waals surface area contributed by atoms with E-state index in [-0.39, 0.29) is 11.8 Å². The summed E-state index contributed by atoms with van der Waals surface area (Å²) in [6.45, 7) is 4.03. The van der Waals surface area contributed by atoms with Crippen molar-refractivity contribution < 1.29 is 4.79 Å². The Kier molecular flexibility index (Phi) is 5.70. The zero-order valence-corrected chi connectivity index (χ0v) is 13.1. The van der Waals surface area contributed by atoms with Gasteiger partial charge < -0.3 is 10.6 Å². The Balaban J connectivity index is 2.09. The lowest BCUT2D eigenvalue weighted by atomic mass is 9.82. The van der Waals surface area contributed by atoms with E-state index in [1.165, 1.54) is 0 Å². The van der Waals surface area contributed by atoms with Gasteiger partial charge in [0, 0.05) is 5.92 Å². The van der Waals surface area contributed by atoms with Gasteiger partial charge in [0.1, 0.15) is 0 Å². The fourth-order valence-corrected chi connectivity index (χ4v) is 3.30. The molecule has 2 rings (SSSR count). The number of rotatable bonds is 4. The lowest BCUT2D eigenvalue weighted by molar-refractivity contribution is -0.121. The van der Waals surface area contributed by atoms with E-state index in [0.717, 1.165) is 32.4 Å². The first kappa shape index (κ1) is 15.6. The van der Waals surface area contributed by atoms with Gasteiger partial charge in [-0.3, -0.25) is 4.79 Å². The maximum absolute atomic E-state index is 12.5. The summed E-state index contributed by atoms with van der Waals surface area (Å²) in [6.07, 6.45) is 2.92. The Morgan fingerprint density at radius 3 is 2.50 bits per heavy atom. The van der Waals surface area contributed by atoms with Crippen LogP contribution in [0.3, 0.4) is 0 Å². The fraction of sp³-hybridized carbons (Fsp3) is 0.533. The molecule has 2 N–H and O–H groups in total. The quantitative estimate of drug-likeness (QED) is 0.883. The first-order valence-electron chi connectivity index (χ1n) is 7.09. The second kappa shape index (κ2) is 7.30. The van der Waals surface area contributed by atoms with E-state index in [0.29, 0.717) is 21.7 Å². The summed E-state index contributed by atoms with van der Waals surface area (Å²) >= 11 is 12.2. The average molecular weight is 315 g/mol. The molecule has 0 bridgehead atoms. The smallest absolute Gasteiger partial charge is 0.227 e. The molecule has 1 atom stereocenters. The third-order valence-corrected chi connectivity index (χ3v) is 4.57. The molecule has 3 nitrogen and oxygen atoms in total. The van der Waals surface area contributed by atoms with Crippen LogP contribution in [0.25, 0.3) is 0 Å². The van der Waals surface area contributed by atoms with Crippen LogP contribution in [-0.2, 0) is 4.79 Å². The Morgan fingerprint density at radius 1 is 1.35 bits per heavy atom.